The van der Waals surface area contributed by atoms with Crippen molar-refractivity contribution in [3.63, 3.8) is 0 Å². The zero-order chi connectivity index (χ0) is 14.5. The van der Waals surface area contributed by atoms with E-state index in [1.165, 1.54) is 36.2 Å². The third-order valence-corrected chi connectivity index (χ3v) is 6.33. The van der Waals surface area contributed by atoms with Crippen LogP contribution in [0.4, 0.5) is 0 Å². The Labute approximate surface area is 127 Å². The van der Waals surface area contributed by atoms with Crippen LogP contribution in [0.5, 0.6) is 0 Å². The molecule has 3 atom stereocenters. The third kappa shape index (κ3) is 2.33. The molecule has 0 bridgehead atoms. The van der Waals surface area contributed by atoms with Gasteiger partial charge in [0, 0.05) is 28.2 Å². The minimum Gasteiger partial charge on any atom is -0.388 e. The molecule has 1 N–H and O–H groups in total. The van der Waals surface area contributed by atoms with Crippen molar-refractivity contribution in [2.24, 2.45) is 5.41 Å². The Morgan fingerprint density at radius 2 is 2.10 bits per heavy atom. The molecule has 0 aliphatic heterocycles. The molecule has 3 rings (SSSR count). The minimum atomic E-state index is -0.275. The van der Waals surface area contributed by atoms with Gasteiger partial charge in [0.25, 0.3) is 0 Å². The van der Waals surface area contributed by atoms with Crippen molar-refractivity contribution in [3.8, 4) is 0 Å². The molecule has 2 nitrogen and oxygen atoms in total. The second kappa shape index (κ2) is 5.10. The van der Waals surface area contributed by atoms with Gasteiger partial charge >= 0.3 is 0 Å². The highest BCUT2D eigenvalue weighted by atomic mass is 32.2. The fraction of sp³-hybridized carbons (Fsp3) is 0.765. The molecule has 3 unspecified atom stereocenters. The lowest BCUT2D eigenvalue weighted by atomic mass is 9.75. The summed E-state index contributed by atoms with van der Waals surface area (Å²) < 4.78 is 2.58. The highest BCUT2D eigenvalue weighted by molar-refractivity contribution is 7.99. The molecule has 112 valence electrons. The Kier molecular flexibility index (Phi) is 3.70. The predicted molar refractivity (Wildman–Crippen MR) is 86.4 cm³/mol. The maximum absolute atomic E-state index is 10.5. The van der Waals surface area contributed by atoms with Crippen LogP contribution in [0.25, 0.3) is 0 Å². The quantitative estimate of drug-likeness (QED) is 0.881. The van der Waals surface area contributed by atoms with E-state index in [9.17, 15) is 5.11 Å². The molecule has 1 heterocycles. The van der Waals surface area contributed by atoms with Gasteiger partial charge < -0.3 is 9.67 Å². The number of fused-ring (bicyclic) bond motifs is 1. The van der Waals surface area contributed by atoms with Crippen molar-refractivity contribution < 1.29 is 5.11 Å². The van der Waals surface area contributed by atoms with Crippen molar-refractivity contribution in [2.45, 2.75) is 70.3 Å². The van der Waals surface area contributed by atoms with E-state index < -0.39 is 0 Å². The maximum atomic E-state index is 10.5. The van der Waals surface area contributed by atoms with Crippen LogP contribution in [0.2, 0.25) is 0 Å². The Morgan fingerprint density at radius 1 is 1.35 bits per heavy atom. The monoisotopic (exact) mass is 293 g/mol. The number of thioether (sulfide) groups is 1. The first kappa shape index (κ1) is 14.5. The zero-order valence-corrected chi connectivity index (χ0v) is 14.0. The molecular formula is C17H27NOS. The predicted octanol–water partition coefficient (Wildman–Crippen LogP) is 4.26. The number of aliphatic hydroxyl groups is 1. The molecule has 0 aromatic carbocycles. The number of aromatic nitrogens is 1. The van der Waals surface area contributed by atoms with Crippen molar-refractivity contribution in [1.29, 1.82) is 0 Å². The fourth-order valence-electron chi connectivity index (χ4n) is 4.30. The van der Waals surface area contributed by atoms with Gasteiger partial charge in [-0.15, -0.1) is 0 Å². The van der Waals surface area contributed by atoms with Crippen LogP contribution in [-0.4, -0.2) is 21.2 Å². The van der Waals surface area contributed by atoms with Crippen LogP contribution >= 0.6 is 11.8 Å². The van der Waals surface area contributed by atoms with Crippen LogP contribution in [0, 0.1) is 12.3 Å². The topological polar surface area (TPSA) is 25.2 Å². The Balaban J connectivity index is 2.04. The molecule has 1 aromatic heterocycles. The van der Waals surface area contributed by atoms with Gasteiger partial charge in [0.05, 0.1) is 6.10 Å². The summed E-state index contributed by atoms with van der Waals surface area (Å²) in [6.45, 7) is 6.78. The summed E-state index contributed by atoms with van der Waals surface area (Å²) in [5.41, 5.74) is 4.17. The summed E-state index contributed by atoms with van der Waals surface area (Å²) in [7, 11) is 0. The number of aliphatic hydroxyl groups excluding tert-OH is 1. The summed E-state index contributed by atoms with van der Waals surface area (Å²) in [6.07, 6.45) is 7.93. The Hall–Kier alpha value is -0.410. The van der Waals surface area contributed by atoms with E-state index in [0.717, 1.165) is 18.1 Å². The molecule has 0 amide bonds. The van der Waals surface area contributed by atoms with Crippen molar-refractivity contribution in [1.82, 2.24) is 4.57 Å². The summed E-state index contributed by atoms with van der Waals surface area (Å²) >= 11 is 2.02. The van der Waals surface area contributed by atoms with Gasteiger partial charge in [-0.1, -0.05) is 20.3 Å². The van der Waals surface area contributed by atoms with Crippen molar-refractivity contribution in [3.05, 3.63) is 23.0 Å². The van der Waals surface area contributed by atoms with Crippen molar-refractivity contribution in [2.75, 3.05) is 6.26 Å². The van der Waals surface area contributed by atoms with Crippen LogP contribution in [-0.2, 0) is 6.42 Å². The second-order valence-electron chi connectivity index (χ2n) is 7.39. The van der Waals surface area contributed by atoms with E-state index in [2.05, 4.69) is 37.7 Å². The molecule has 0 radical (unpaired) electrons. The standard InChI is InChI=1S/C17H27NOS/c1-11-8-12-14(9-17(2,3)10-15(12)19)18(11)13-6-5-7-16(13)20-4/h8,13,15-16,19H,5-7,9-10H2,1-4H3. The number of nitrogens with zero attached hydrogens (tertiary/aromatic N) is 1. The molecule has 2 aliphatic rings. The SMILES string of the molecule is CSC1CCCC1n1c(C)cc2c1CC(C)(C)CC2O. The first-order chi connectivity index (χ1) is 9.43. The summed E-state index contributed by atoms with van der Waals surface area (Å²) in [4.78, 5) is 0. The highest BCUT2D eigenvalue weighted by Crippen LogP contribution is 2.46. The molecule has 1 aromatic rings. The van der Waals surface area contributed by atoms with Gasteiger partial charge in [-0.05, 0) is 50.3 Å². The van der Waals surface area contributed by atoms with E-state index in [-0.39, 0.29) is 11.5 Å². The summed E-state index contributed by atoms with van der Waals surface area (Å²) in [5.74, 6) is 0. The number of hydrogen-bond donors (Lipinski definition) is 1. The van der Waals surface area contributed by atoms with E-state index in [0.29, 0.717) is 6.04 Å². The third-order valence-electron chi connectivity index (χ3n) is 5.17. The van der Waals surface area contributed by atoms with Gasteiger partial charge in [0.1, 0.15) is 0 Å². The van der Waals surface area contributed by atoms with E-state index in [4.69, 9.17) is 0 Å². The van der Waals surface area contributed by atoms with Gasteiger partial charge in [-0.2, -0.15) is 11.8 Å². The molecule has 2 aliphatic carbocycles. The van der Waals surface area contributed by atoms with E-state index >= 15 is 0 Å². The Morgan fingerprint density at radius 3 is 2.80 bits per heavy atom. The normalized spacial score (nSPS) is 32.4. The number of aryl methyl sites for hydroxylation is 1. The van der Waals surface area contributed by atoms with Gasteiger partial charge in [-0.3, -0.25) is 0 Å². The van der Waals surface area contributed by atoms with Gasteiger partial charge in [0.15, 0.2) is 0 Å². The van der Waals surface area contributed by atoms with Crippen LogP contribution < -0.4 is 0 Å². The molecule has 1 saturated carbocycles. The van der Waals surface area contributed by atoms with Crippen molar-refractivity contribution >= 4 is 11.8 Å². The summed E-state index contributed by atoms with van der Waals surface area (Å²) in [5, 5.41) is 11.2. The summed E-state index contributed by atoms with van der Waals surface area (Å²) in [6, 6.07) is 2.88. The number of hydrogen-bond acceptors (Lipinski definition) is 2. The molecular weight excluding hydrogens is 266 g/mol. The molecule has 1 fully saturated rings. The average molecular weight is 293 g/mol. The second-order valence-corrected chi connectivity index (χ2v) is 8.47. The minimum absolute atomic E-state index is 0.211. The van der Waals surface area contributed by atoms with Crippen LogP contribution in [0.15, 0.2) is 6.07 Å². The van der Waals surface area contributed by atoms with E-state index in [1.807, 2.05) is 11.8 Å². The molecule has 20 heavy (non-hydrogen) atoms. The number of rotatable bonds is 2. The van der Waals surface area contributed by atoms with Crippen LogP contribution in [0.3, 0.4) is 0 Å². The molecule has 0 spiro atoms. The van der Waals surface area contributed by atoms with Crippen LogP contribution in [0.1, 0.15) is 68.6 Å². The van der Waals surface area contributed by atoms with Gasteiger partial charge in [-0.25, -0.2) is 0 Å². The average Bonchev–Trinajstić information content (AvgIpc) is 2.91. The lowest BCUT2D eigenvalue weighted by Crippen LogP contribution is -2.29. The smallest absolute Gasteiger partial charge is 0.0812 e. The fourth-order valence-corrected chi connectivity index (χ4v) is 5.28. The maximum Gasteiger partial charge on any atom is 0.0812 e. The first-order valence-electron chi connectivity index (χ1n) is 7.84. The van der Waals surface area contributed by atoms with E-state index in [1.54, 1.807) is 0 Å². The zero-order valence-electron chi connectivity index (χ0n) is 13.1. The highest BCUT2D eigenvalue weighted by Gasteiger charge is 2.37. The molecule has 0 saturated heterocycles. The largest absolute Gasteiger partial charge is 0.388 e. The lowest BCUT2D eigenvalue weighted by Gasteiger charge is -2.35. The Bertz CT molecular complexity index is 505. The molecule has 3 heteroatoms. The lowest BCUT2D eigenvalue weighted by molar-refractivity contribution is 0.0975. The van der Waals surface area contributed by atoms with Gasteiger partial charge in [0.2, 0.25) is 0 Å². The first-order valence-corrected chi connectivity index (χ1v) is 9.13.